The van der Waals surface area contributed by atoms with E-state index in [9.17, 15) is 4.79 Å². The van der Waals surface area contributed by atoms with Gasteiger partial charge in [-0.1, -0.05) is 30.3 Å². The summed E-state index contributed by atoms with van der Waals surface area (Å²) in [7, 11) is 0. The molecule has 1 aliphatic rings. The maximum absolute atomic E-state index is 12.0. The molecule has 1 unspecified atom stereocenters. The molecule has 0 saturated carbocycles. The number of hydrogen-bond donors (Lipinski definition) is 0. The van der Waals surface area contributed by atoms with Crippen LogP contribution >= 0.6 is 0 Å². The number of carbonyl (C=O) groups excluding carboxylic acids is 1. The van der Waals surface area contributed by atoms with Crippen LogP contribution in [0.25, 0.3) is 0 Å². The lowest BCUT2D eigenvalue weighted by molar-refractivity contribution is 0.0624. The summed E-state index contributed by atoms with van der Waals surface area (Å²) in [6.45, 7) is 1.81. The molecule has 1 aromatic rings. The van der Waals surface area contributed by atoms with E-state index in [1.807, 2.05) is 30.3 Å². The summed E-state index contributed by atoms with van der Waals surface area (Å²) < 4.78 is 10.8. The second kappa shape index (κ2) is 7.51. The highest BCUT2D eigenvalue weighted by Gasteiger charge is 2.21. The van der Waals surface area contributed by atoms with Crippen LogP contribution in [0.4, 0.5) is 4.79 Å². The van der Waals surface area contributed by atoms with Crippen molar-refractivity contribution in [3.63, 3.8) is 0 Å². The molecule has 1 saturated heterocycles. The minimum absolute atomic E-state index is 0.0769. The van der Waals surface area contributed by atoms with Gasteiger partial charge in [-0.15, -0.1) is 0 Å². The van der Waals surface area contributed by atoms with Gasteiger partial charge in [0.1, 0.15) is 6.61 Å². The first kappa shape index (κ1) is 14.4. The highest BCUT2D eigenvalue weighted by molar-refractivity contribution is 5.67. The van der Waals surface area contributed by atoms with E-state index in [-0.39, 0.29) is 18.8 Å². The van der Waals surface area contributed by atoms with Crippen molar-refractivity contribution in [2.75, 3.05) is 19.7 Å². The number of amides is 1. The minimum atomic E-state index is -0.324. The number of carbonyl (C=O) groups is 1. The van der Waals surface area contributed by atoms with Crippen LogP contribution in [0, 0.1) is 11.3 Å². The van der Waals surface area contributed by atoms with Crippen molar-refractivity contribution in [3.8, 4) is 6.07 Å². The second-order valence-corrected chi connectivity index (χ2v) is 4.67. The fraction of sp³-hybridized carbons (Fsp3) is 0.467. The fourth-order valence-electron chi connectivity index (χ4n) is 2.08. The summed E-state index contributed by atoms with van der Waals surface area (Å²) in [6.07, 6.45) is 0.642. The first-order chi connectivity index (χ1) is 9.79. The average Bonchev–Trinajstić information content (AvgIpc) is 2.72. The molecule has 0 aromatic heterocycles. The van der Waals surface area contributed by atoms with Gasteiger partial charge in [-0.3, -0.25) is 0 Å². The lowest BCUT2D eigenvalue weighted by Crippen LogP contribution is -2.33. The van der Waals surface area contributed by atoms with Crippen molar-refractivity contribution in [2.45, 2.75) is 25.6 Å². The standard InChI is InChI=1S/C15H18N2O3/c16-8-6-14-7-9-17(10-11-19-14)15(18)20-12-13-4-2-1-3-5-13/h1-5,14H,6-7,9-12H2. The van der Waals surface area contributed by atoms with Crippen molar-refractivity contribution in [3.05, 3.63) is 35.9 Å². The van der Waals surface area contributed by atoms with Crippen LogP contribution in [0.5, 0.6) is 0 Å². The molecule has 0 bridgehead atoms. The van der Waals surface area contributed by atoms with Gasteiger partial charge in [0, 0.05) is 13.1 Å². The molecule has 106 valence electrons. The molecule has 1 aromatic carbocycles. The molecular formula is C15H18N2O3. The van der Waals surface area contributed by atoms with Gasteiger partial charge in [-0.05, 0) is 12.0 Å². The lowest BCUT2D eigenvalue weighted by Gasteiger charge is -2.19. The van der Waals surface area contributed by atoms with Crippen molar-refractivity contribution in [1.29, 1.82) is 5.26 Å². The third-order valence-corrected chi connectivity index (χ3v) is 3.22. The summed E-state index contributed by atoms with van der Waals surface area (Å²) in [4.78, 5) is 13.6. The lowest BCUT2D eigenvalue weighted by atomic mass is 10.2. The summed E-state index contributed by atoms with van der Waals surface area (Å²) >= 11 is 0. The molecule has 1 amide bonds. The summed E-state index contributed by atoms with van der Waals surface area (Å²) in [5.41, 5.74) is 0.967. The van der Waals surface area contributed by atoms with Gasteiger partial charge in [-0.2, -0.15) is 5.26 Å². The Morgan fingerprint density at radius 3 is 2.95 bits per heavy atom. The minimum Gasteiger partial charge on any atom is -0.445 e. The predicted octanol–water partition coefficient (Wildman–Crippen LogP) is 2.33. The van der Waals surface area contributed by atoms with Crippen LogP contribution in [0.15, 0.2) is 30.3 Å². The summed E-state index contributed by atoms with van der Waals surface area (Å²) in [5.74, 6) is 0. The van der Waals surface area contributed by atoms with E-state index >= 15 is 0 Å². The molecule has 5 nitrogen and oxygen atoms in total. The first-order valence-electron chi connectivity index (χ1n) is 6.74. The van der Waals surface area contributed by atoms with E-state index in [0.717, 1.165) is 5.56 Å². The van der Waals surface area contributed by atoms with Gasteiger partial charge in [0.25, 0.3) is 0 Å². The van der Waals surface area contributed by atoms with E-state index in [1.54, 1.807) is 4.90 Å². The van der Waals surface area contributed by atoms with Gasteiger partial charge < -0.3 is 14.4 Å². The van der Waals surface area contributed by atoms with Crippen LogP contribution in [-0.4, -0.2) is 36.8 Å². The van der Waals surface area contributed by atoms with Gasteiger partial charge in [-0.25, -0.2) is 4.79 Å². The van der Waals surface area contributed by atoms with E-state index in [2.05, 4.69) is 6.07 Å². The zero-order valence-corrected chi connectivity index (χ0v) is 11.3. The van der Waals surface area contributed by atoms with Gasteiger partial charge >= 0.3 is 6.09 Å². The Hall–Kier alpha value is -2.06. The van der Waals surface area contributed by atoms with Crippen LogP contribution in [0.1, 0.15) is 18.4 Å². The van der Waals surface area contributed by atoms with E-state index in [1.165, 1.54) is 0 Å². The SMILES string of the molecule is N#CCC1CCN(C(=O)OCc2ccccc2)CCO1. The normalized spacial score (nSPS) is 18.9. The smallest absolute Gasteiger partial charge is 0.410 e. The quantitative estimate of drug-likeness (QED) is 0.848. The van der Waals surface area contributed by atoms with E-state index < -0.39 is 0 Å². The van der Waals surface area contributed by atoms with Crippen molar-refractivity contribution in [2.24, 2.45) is 0 Å². The second-order valence-electron chi connectivity index (χ2n) is 4.67. The Bertz CT molecular complexity index is 470. The molecule has 0 radical (unpaired) electrons. The molecule has 0 aliphatic carbocycles. The molecule has 1 fully saturated rings. The number of nitriles is 1. The monoisotopic (exact) mass is 274 g/mol. The predicted molar refractivity (Wildman–Crippen MR) is 72.8 cm³/mol. The molecule has 5 heteroatoms. The Labute approximate surface area is 118 Å². The molecule has 1 atom stereocenters. The average molecular weight is 274 g/mol. The maximum atomic E-state index is 12.0. The molecule has 1 heterocycles. The number of ether oxygens (including phenoxy) is 2. The molecule has 2 rings (SSSR count). The zero-order chi connectivity index (χ0) is 14.2. The molecule has 0 N–H and O–H groups in total. The highest BCUT2D eigenvalue weighted by atomic mass is 16.6. The van der Waals surface area contributed by atoms with Crippen molar-refractivity contribution >= 4 is 6.09 Å². The number of hydrogen-bond acceptors (Lipinski definition) is 4. The van der Waals surface area contributed by atoms with Gasteiger partial charge in [0.05, 0.1) is 25.2 Å². The van der Waals surface area contributed by atoms with Crippen molar-refractivity contribution < 1.29 is 14.3 Å². The molecule has 20 heavy (non-hydrogen) atoms. The first-order valence-corrected chi connectivity index (χ1v) is 6.74. The molecule has 1 aliphatic heterocycles. The Kier molecular flexibility index (Phi) is 5.39. The Balaban J connectivity index is 1.79. The largest absolute Gasteiger partial charge is 0.445 e. The van der Waals surface area contributed by atoms with E-state index in [0.29, 0.717) is 32.5 Å². The number of nitrogens with zero attached hydrogens (tertiary/aromatic N) is 2. The Morgan fingerprint density at radius 1 is 1.40 bits per heavy atom. The van der Waals surface area contributed by atoms with Gasteiger partial charge in [0.15, 0.2) is 0 Å². The third kappa shape index (κ3) is 4.25. The summed E-state index contributed by atoms with van der Waals surface area (Å²) in [6, 6.07) is 11.7. The number of rotatable bonds is 3. The Morgan fingerprint density at radius 2 is 2.20 bits per heavy atom. The zero-order valence-electron chi connectivity index (χ0n) is 11.3. The van der Waals surface area contributed by atoms with Crippen LogP contribution < -0.4 is 0 Å². The fourth-order valence-corrected chi connectivity index (χ4v) is 2.08. The van der Waals surface area contributed by atoms with E-state index in [4.69, 9.17) is 14.7 Å². The molecule has 0 spiro atoms. The van der Waals surface area contributed by atoms with Crippen LogP contribution in [-0.2, 0) is 16.1 Å². The summed E-state index contributed by atoms with van der Waals surface area (Å²) in [5, 5.41) is 8.66. The molecular weight excluding hydrogens is 256 g/mol. The van der Waals surface area contributed by atoms with Crippen LogP contribution in [0.2, 0.25) is 0 Å². The van der Waals surface area contributed by atoms with Gasteiger partial charge in [0.2, 0.25) is 0 Å². The highest BCUT2D eigenvalue weighted by Crippen LogP contribution is 2.11. The topological polar surface area (TPSA) is 62.6 Å². The van der Waals surface area contributed by atoms with Crippen LogP contribution in [0.3, 0.4) is 0 Å². The van der Waals surface area contributed by atoms with Crippen molar-refractivity contribution in [1.82, 2.24) is 4.90 Å². The third-order valence-electron chi connectivity index (χ3n) is 3.22. The number of benzene rings is 1. The maximum Gasteiger partial charge on any atom is 0.410 e.